The fourth-order valence-electron chi connectivity index (χ4n) is 2.82. The standard InChI is InChI=1S/C16H23ClF3N5O2S/c1-21-15(24-13-5-8-25(10-13)11-16(18,19)20)22-6-7-23-28(26,27)14-4-2-3-12(17)9-14/h2-4,9,13,23H,5-8,10-11H2,1H3,(H2,21,22,24). The third-order valence-corrected chi connectivity index (χ3v) is 5.75. The number of benzene rings is 1. The van der Waals surface area contributed by atoms with Gasteiger partial charge in [0.05, 0.1) is 11.4 Å². The van der Waals surface area contributed by atoms with Gasteiger partial charge in [-0.05, 0) is 24.6 Å². The molecule has 1 aliphatic heterocycles. The Morgan fingerprint density at radius 2 is 2.11 bits per heavy atom. The summed E-state index contributed by atoms with van der Waals surface area (Å²) in [5, 5.41) is 6.31. The van der Waals surface area contributed by atoms with Gasteiger partial charge in [0.25, 0.3) is 0 Å². The van der Waals surface area contributed by atoms with Crippen molar-refractivity contribution in [3.8, 4) is 0 Å². The third-order valence-electron chi connectivity index (χ3n) is 4.06. The first-order valence-corrected chi connectivity index (χ1v) is 10.5. The Bertz CT molecular complexity index is 789. The van der Waals surface area contributed by atoms with E-state index in [1.54, 1.807) is 12.1 Å². The van der Waals surface area contributed by atoms with Crippen LogP contribution in [-0.4, -0.2) is 71.3 Å². The summed E-state index contributed by atoms with van der Waals surface area (Å²) in [7, 11) is -2.15. The molecule has 1 atom stereocenters. The smallest absolute Gasteiger partial charge is 0.355 e. The fourth-order valence-corrected chi connectivity index (χ4v) is 4.15. The lowest BCUT2D eigenvalue weighted by Gasteiger charge is -2.19. The van der Waals surface area contributed by atoms with E-state index in [-0.39, 0.29) is 30.6 Å². The van der Waals surface area contributed by atoms with Crippen molar-refractivity contribution < 1.29 is 21.6 Å². The van der Waals surface area contributed by atoms with Gasteiger partial charge in [0.15, 0.2) is 5.96 Å². The highest BCUT2D eigenvalue weighted by atomic mass is 35.5. The lowest BCUT2D eigenvalue weighted by Crippen LogP contribution is -2.47. The van der Waals surface area contributed by atoms with Gasteiger partial charge in [0.1, 0.15) is 0 Å². The molecular weight excluding hydrogens is 419 g/mol. The maximum atomic E-state index is 12.4. The molecule has 0 spiro atoms. The topological polar surface area (TPSA) is 85.8 Å². The predicted octanol–water partition coefficient (Wildman–Crippen LogP) is 1.42. The van der Waals surface area contributed by atoms with Gasteiger partial charge in [-0.15, -0.1) is 0 Å². The van der Waals surface area contributed by atoms with E-state index >= 15 is 0 Å². The first-order valence-electron chi connectivity index (χ1n) is 8.60. The lowest BCUT2D eigenvalue weighted by molar-refractivity contribution is -0.143. The molecule has 0 amide bonds. The van der Waals surface area contributed by atoms with Gasteiger partial charge in [-0.2, -0.15) is 13.2 Å². The van der Waals surface area contributed by atoms with Gasteiger partial charge >= 0.3 is 6.18 Å². The first-order chi connectivity index (χ1) is 13.1. The summed E-state index contributed by atoms with van der Waals surface area (Å²) in [6, 6.07) is 5.76. The quantitative estimate of drug-likeness (QED) is 0.338. The summed E-state index contributed by atoms with van der Waals surface area (Å²) >= 11 is 5.80. The first kappa shape index (κ1) is 22.7. The SMILES string of the molecule is CN=C(NCCNS(=O)(=O)c1cccc(Cl)c1)NC1CCN(CC(F)(F)F)C1. The number of nitrogens with zero attached hydrogens (tertiary/aromatic N) is 2. The van der Waals surface area contributed by atoms with Crippen molar-refractivity contribution in [2.24, 2.45) is 4.99 Å². The Morgan fingerprint density at radius 3 is 2.75 bits per heavy atom. The second-order valence-electron chi connectivity index (χ2n) is 6.33. The van der Waals surface area contributed by atoms with Crippen LogP contribution >= 0.6 is 11.6 Å². The summed E-state index contributed by atoms with van der Waals surface area (Å²) in [6.07, 6.45) is -3.65. The number of hydrogen-bond acceptors (Lipinski definition) is 4. The summed E-state index contributed by atoms with van der Waals surface area (Å²) in [5.74, 6) is 0.404. The van der Waals surface area contributed by atoms with Crippen LogP contribution in [0.3, 0.4) is 0 Å². The molecule has 1 saturated heterocycles. The van der Waals surface area contributed by atoms with Crippen LogP contribution in [0.25, 0.3) is 0 Å². The molecule has 1 unspecified atom stereocenters. The molecule has 0 bridgehead atoms. The van der Waals surface area contributed by atoms with Crippen molar-refractivity contribution in [1.29, 1.82) is 0 Å². The molecule has 3 N–H and O–H groups in total. The van der Waals surface area contributed by atoms with Gasteiger partial charge in [-0.3, -0.25) is 9.89 Å². The van der Waals surface area contributed by atoms with Crippen molar-refractivity contribution in [2.45, 2.75) is 23.5 Å². The number of rotatable bonds is 7. The molecule has 0 aliphatic carbocycles. The molecule has 12 heteroatoms. The molecule has 1 aromatic carbocycles. The van der Waals surface area contributed by atoms with Crippen LogP contribution in [0.5, 0.6) is 0 Å². The molecule has 1 aliphatic rings. The van der Waals surface area contributed by atoms with Crippen LogP contribution in [0.1, 0.15) is 6.42 Å². The normalized spacial score (nSPS) is 19.0. The molecule has 158 valence electrons. The number of guanidine groups is 1. The zero-order chi connectivity index (χ0) is 20.8. The minimum Gasteiger partial charge on any atom is -0.355 e. The molecule has 1 fully saturated rings. The average molecular weight is 442 g/mol. The number of likely N-dealkylation sites (tertiary alicyclic amines) is 1. The van der Waals surface area contributed by atoms with Gasteiger partial charge in [-0.1, -0.05) is 17.7 Å². The van der Waals surface area contributed by atoms with Crippen LogP contribution in [0.15, 0.2) is 34.2 Å². The number of alkyl halides is 3. The van der Waals surface area contributed by atoms with E-state index in [1.807, 2.05) is 0 Å². The summed E-state index contributed by atoms with van der Waals surface area (Å²) in [4.78, 5) is 5.42. The van der Waals surface area contributed by atoms with E-state index in [0.717, 1.165) is 0 Å². The number of hydrogen-bond donors (Lipinski definition) is 3. The van der Waals surface area contributed by atoms with Gasteiger partial charge in [0, 0.05) is 44.3 Å². The van der Waals surface area contributed by atoms with Crippen LogP contribution < -0.4 is 15.4 Å². The highest BCUT2D eigenvalue weighted by molar-refractivity contribution is 7.89. The van der Waals surface area contributed by atoms with E-state index in [2.05, 4.69) is 20.3 Å². The van der Waals surface area contributed by atoms with E-state index in [1.165, 1.54) is 24.1 Å². The number of nitrogens with one attached hydrogen (secondary N) is 3. The summed E-state index contributed by atoms with van der Waals surface area (Å²) < 4.78 is 64.2. The molecule has 1 aromatic rings. The molecule has 0 radical (unpaired) electrons. The van der Waals surface area contributed by atoms with Crippen LogP contribution in [-0.2, 0) is 10.0 Å². The Balaban J connectivity index is 1.74. The van der Waals surface area contributed by atoms with Crippen molar-refractivity contribution in [3.63, 3.8) is 0 Å². The van der Waals surface area contributed by atoms with Crippen LogP contribution in [0.4, 0.5) is 13.2 Å². The fraction of sp³-hybridized carbons (Fsp3) is 0.562. The van der Waals surface area contributed by atoms with Gasteiger partial charge < -0.3 is 10.6 Å². The Kier molecular flexibility index (Phi) is 7.93. The molecule has 0 aromatic heterocycles. The lowest BCUT2D eigenvalue weighted by atomic mass is 10.3. The van der Waals surface area contributed by atoms with Gasteiger partial charge in [-0.25, -0.2) is 13.1 Å². The largest absolute Gasteiger partial charge is 0.401 e. The second kappa shape index (κ2) is 9.77. The summed E-state index contributed by atoms with van der Waals surface area (Å²) in [5.41, 5.74) is 0. The van der Waals surface area contributed by atoms with Crippen LogP contribution in [0.2, 0.25) is 5.02 Å². The van der Waals surface area contributed by atoms with Crippen molar-refractivity contribution in [3.05, 3.63) is 29.3 Å². The molecular formula is C16H23ClF3N5O2S. The zero-order valence-corrected chi connectivity index (χ0v) is 16.8. The van der Waals surface area contributed by atoms with Crippen LogP contribution in [0, 0.1) is 0 Å². The van der Waals surface area contributed by atoms with E-state index in [4.69, 9.17) is 11.6 Å². The Morgan fingerprint density at radius 1 is 1.36 bits per heavy atom. The highest BCUT2D eigenvalue weighted by Gasteiger charge is 2.34. The molecule has 2 rings (SSSR count). The minimum atomic E-state index is -4.21. The molecule has 28 heavy (non-hydrogen) atoms. The van der Waals surface area contributed by atoms with Crippen molar-refractivity contribution in [1.82, 2.24) is 20.3 Å². The summed E-state index contributed by atoms with van der Waals surface area (Å²) in [6.45, 7) is 0.0383. The highest BCUT2D eigenvalue weighted by Crippen LogP contribution is 2.20. The third kappa shape index (κ3) is 7.46. The zero-order valence-electron chi connectivity index (χ0n) is 15.3. The number of aliphatic imine (C=N–C) groups is 1. The Hall–Kier alpha value is -1.56. The molecule has 7 nitrogen and oxygen atoms in total. The Labute approximate surface area is 167 Å². The number of halogens is 4. The molecule has 1 heterocycles. The van der Waals surface area contributed by atoms with Crippen molar-refractivity contribution >= 4 is 27.6 Å². The second-order valence-corrected chi connectivity index (χ2v) is 8.54. The van der Waals surface area contributed by atoms with Crippen molar-refractivity contribution in [2.75, 3.05) is 39.8 Å². The molecule has 0 saturated carbocycles. The number of sulfonamides is 1. The van der Waals surface area contributed by atoms with E-state index in [0.29, 0.717) is 23.9 Å². The minimum absolute atomic E-state index is 0.0678. The van der Waals surface area contributed by atoms with E-state index in [9.17, 15) is 21.6 Å². The monoisotopic (exact) mass is 441 g/mol. The predicted molar refractivity (Wildman–Crippen MR) is 102 cm³/mol. The van der Waals surface area contributed by atoms with E-state index < -0.39 is 22.7 Å². The maximum Gasteiger partial charge on any atom is 0.401 e. The maximum absolute atomic E-state index is 12.4. The van der Waals surface area contributed by atoms with Gasteiger partial charge in [0.2, 0.25) is 10.0 Å². The average Bonchev–Trinajstić information content (AvgIpc) is 3.02.